The third kappa shape index (κ3) is 6.11. The molecule has 0 atom stereocenters. The number of fused-ring (bicyclic) bond motifs is 1. The van der Waals surface area contributed by atoms with E-state index in [4.69, 9.17) is 4.74 Å². The number of benzene rings is 2. The first-order chi connectivity index (χ1) is 16.1. The van der Waals surface area contributed by atoms with Gasteiger partial charge >= 0.3 is 5.97 Å². The zero-order chi connectivity index (χ0) is 23.0. The van der Waals surface area contributed by atoms with Crippen LogP contribution in [0.25, 0.3) is 11.7 Å². The van der Waals surface area contributed by atoms with Gasteiger partial charge in [-0.15, -0.1) is 11.8 Å². The number of imidazole rings is 1. The van der Waals surface area contributed by atoms with Crippen LogP contribution in [0.3, 0.4) is 0 Å². The highest BCUT2D eigenvalue weighted by molar-refractivity contribution is 7.98. The first-order valence-electron chi connectivity index (χ1n) is 10.5. The van der Waals surface area contributed by atoms with Crippen molar-refractivity contribution in [3.8, 4) is 0 Å². The molecule has 1 amide bonds. The van der Waals surface area contributed by atoms with E-state index >= 15 is 0 Å². The van der Waals surface area contributed by atoms with Crippen LogP contribution in [-0.2, 0) is 15.3 Å². The number of hydrogen-bond acceptors (Lipinski definition) is 5. The molecule has 4 rings (SSSR count). The minimum absolute atomic E-state index is 0.179. The van der Waals surface area contributed by atoms with Crippen LogP contribution in [0.15, 0.2) is 90.1 Å². The van der Waals surface area contributed by atoms with E-state index in [1.54, 1.807) is 36.9 Å². The van der Waals surface area contributed by atoms with E-state index in [2.05, 4.69) is 10.3 Å². The average Bonchev–Trinajstić information content (AvgIpc) is 3.26. The van der Waals surface area contributed by atoms with Crippen molar-refractivity contribution >= 4 is 41.0 Å². The van der Waals surface area contributed by atoms with Gasteiger partial charge in [-0.2, -0.15) is 0 Å². The molecule has 0 fully saturated rings. The van der Waals surface area contributed by atoms with Crippen LogP contribution < -0.4 is 5.32 Å². The number of amides is 1. The molecule has 4 aromatic rings. The summed E-state index contributed by atoms with van der Waals surface area (Å²) in [6, 6.07) is 20.7. The molecular weight excluding hydrogens is 434 g/mol. The summed E-state index contributed by atoms with van der Waals surface area (Å²) in [7, 11) is 0. The van der Waals surface area contributed by atoms with Crippen molar-refractivity contribution in [3.63, 3.8) is 0 Å². The number of anilines is 1. The highest BCUT2D eigenvalue weighted by atomic mass is 32.2. The Balaban J connectivity index is 1.31. The standard InChI is InChI=1S/C26H23N3O3S/c1-2-32-25(30)15-8-19-6-11-21(12-7-19)28-26(31)20-9-13-23(14-10-20)33-18-22-17-29-16-4-3-5-24(29)27-22/h3-17H,2,18H2,1H3,(H,28,31)/b15-8+. The van der Waals surface area contributed by atoms with Crippen molar-refractivity contribution in [1.82, 2.24) is 9.38 Å². The van der Waals surface area contributed by atoms with Gasteiger partial charge in [-0.25, -0.2) is 9.78 Å². The van der Waals surface area contributed by atoms with E-state index in [1.165, 1.54) is 6.08 Å². The average molecular weight is 458 g/mol. The van der Waals surface area contributed by atoms with Crippen LogP contribution in [0.5, 0.6) is 0 Å². The zero-order valence-corrected chi connectivity index (χ0v) is 18.9. The maximum Gasteiger partial charge on any atom is 0.330 e. The summed E-state index contributed by atoms with van der Waals surface area (Å²) >= 11 is 1.68. The van der Waals surface area contributed by atoms with E-state index in [-0.39, 0.29) is 11.9 Å². The fourth-order valence-corrected chi connectivity index (χ4v) is 3.93. The number of ether oxygens (including phenoxy) is 1. The number of carbonyl (C=O) groups is 2. The molecule has 0 spiro atoms. The number of pyridine rings is 1. The maximum absolute atomic E-state index is 12.6. The van der Waals surface area contributed by atoms with Crippen molar-refractivity contribution in [2.45, 2.75) is 17.6 Å². The van der Waals surface area contributed by atoms with E-state index in [0.29, 0.717) is 17.9 Å². The molecule has 6 nitrogen and oxygen atoms in total. The molecule has 0 aliphatic carbocycles. The van der Waals surface area contributed by atoms with Gasteiger partial charge in [0, 0.05) is 40.4 Å². The van der Waals surface area contributed by atoms with Crippen LogP contribution in [0.2, 0.25) is 0 Å². The molecule has 166 valence electrons. The second-order valence-electron chi connectivity index (χ2n) is 7.17. The summed E-state index contributed by atoms with van der Waals surface area (Å²) in [5.41, 5.74) is 4.04. The number of carbonyl (C=O) groups excluding carboxylic acids is 2. The third-order valence-electron chi connectivity index (χ3n) is 4.78. The molecule has 0 saturated heterocycles. The van der Waals surface area contributed by atoms with E-state index < -0.39 is 0 Å². The van der Waals surface area contributed by atoms with Gasteiger partial charge in [0.25, 0.3) is 5.91 Å². The van der Waals surface area contributed by atoms with Gasteiger partial charge in [-0.05, 0) is 67.1 Å². The summed E-state index contributed by atoms with van der Waals surface area (Å²) in [5.74, 6) is 0.195. The Kier molecular flexibility index (Phi) is 7.22. The minimum Gasteiger partial charge on any atom is -0.463 e. The number of nitrogens with one attached hydrogen (secondary N) is 1. The van der Waals surface area contributed by atoms with Crippen LogP contribution in [0.4, 0.5) is 5.69 Å². The second-order valence-corrected chi connectivity index (χ2v) is 8.22. The molecule has 0 bridgehead atoms. The van der Waals surface area contributed by atoms with E-state index in [1.807, 2.05) is 71.4 Å². The number of rotatable bonds is 8. The van der Waals surface area contributed by atoms with Gasteiger partial charge in [0.05, 0.1) is 12.3 Å². The summed E-state index contributed by atoms with van der Waals surface area (Å²) < 4.78 is 6.87. The minimum atomic E-state index is -0.380. The lowest BCUT2D eigenvalue weighted by Crippen LogP contribution is -2.11. The molecule has 0 saturated carbocycles. The van der Waals surface area contributed by atoms with Crippen LogP contribution >= 0.6 is 11.8 Å². The van der Waals surface area contributed by atoms with Crippen molar-refractivity contribution < 1.29 is 14.3 Å². The molecule has 1 N–H and O–H groups in total. The molecule has 2 aromatic heterocycles. The number of thioether (sulfide) groups is 1. The summed E-state index contributed by atoms with van der Waals surface area (Å²) in [5, 5.41) is 2.89. The van der Waals surface area contributed by atoms with Crippen LogP contribution in [0, 0.1) is 0 Å². The molecule has 2 heterocycles. The molecule has 2 aromatic carbocycles. The number of esters is 1. The van der Waals surface area contributed by atoms with Crippen LogP contribution in [0.1, 0.15) is 28.5 Å². The lowest BCUT2D eigenvalue weighted by Gasteiger charge is -2.07. The van der Waals surface area contributed by atoms with Gasteiger partial charge < -0.3 is 14.5 Å². The van der Waals surface area contributed by atoms with Crippen molar-refractivity contribution in [3.05, 3.63) is 102 Å². The lowest BCUT2D eigenvalue weighted by atomic mass is 10.1. The van der Waals surface area contributed by atoms with E-state index in [9.17, 15) is 9.59 Å². The molecule has 7 heteroatoms. The fourth-order valence-electron chi connectivity index (χ4n) is 3.15. The summed E-state index contributed by atoms with van der Waals surface area (Å²) in [4.78, 5) is 29.6. The van der Waals surface area contributed by atoms with Gasteiger partial charge in [-0.3, -0.25) is 4.79 Å². The SMILES string of the molecule is CCOC(=O)/C=C/c1ccc(NC(=O)c2ccc(SCc3cn4ccccc4n3)cc2)cc1. The highest BCUT2D eigenvalue weighted by Gasteiger charge is 2.07. The first-order valence-corrected chi connectivity index (χ1v) is 11.5. The predicted octanol–water partition coefficient (Wildman–Crippen LogP) is 5.46. The van der Waals surface area contributed by atoms with E-state index in [0.717, 1.165) is 27.6 Å². The smallest absolute Gasteiger partial charge is 0.330 e. The predicted molar refractivity (Wildman–Crippen MR) is 131 cm³/mol. The lowest BCUT2D eigenvalue weighted by molar-refractivity contribution is -0.137. The zero-order valence-electron chi connectivity index (χ0n) is 18.1. The maximum atomic E-state index is 12.6. The number of hydrogen-bond donors (Lipinski definition) is 1. The number of nitrogens with zero attached hydrogens (tertiary/aromatic N) is 2. The van der Waals surface area contributed by atoms with Crippen molar-refractivity contribution in [2.75, 3.05) is 11.9 Å². The Labute approximate surface area is 196 Å². The quantitative estimate of drug-likeness (QED) is 0.216. The van der Waals surface area contributed by atoms with Crippen molar-refractivity contribution in [1.29, 1.82) is 0 Å². The Morgan fingerprint density at radius 3 is 2.58 bits per heavy atom. The number of aromatic nitrogens is 2. The summed E-state index contributed by atoms with van der Waals surface area (Å²) in [6.07, 6.45) is 7.07. The van der Waals surface area contributed by atoms with Crippen LogP contribution in [-0.4, -0.2) is 27.9 Å². The normalized spacial score (nSPS) is 11.1. The highest BCUT2D eigenvalue weighted by Crippen LogP contribution is 2.23. The Hall–Kier alpha value is -3.84. The second kappa shape index (κ2) is 10.7. The Morgan fingerprint density at radius 1 is 1.06 bits per heavy atom. The van der Waals surface area contributed by atoms with Gasteiger partial charge in [0.15, 0.2) is 0 Å². The molecule has 0 radical (unpaired) electrons. The molecule has 0 aliphatic rings. The van der Waals surface area contributed by atoms with Gasteiger partial charge in [0.2, 0.25) is 0 Å². The largest absolute Gasteiger partial charge is 0.463 e. The topological polar surface area (TPSA) is 72.7 Å². The van der Waals surface area contributed by atoms with Gasteiger partial charge in [-0.1, -0.05) is 18.2 Å². The fraction of sp³-hybridized carbons (Fsp3) is 0.115. The Bertz CT molecular complexity index is 1250. The third-order valence-corrected chi connectivity index (χ3v) is 5.83. The summed E-state index contributed by atoms with van der Waals surface area (Å²) in [6.45, 7) is 2.11. The Morgan fingerprint density at radius 2 is 1.85 bits per heavy atom. The molecular formula is C26H23N3O3S. The molecule has 33 heavy (non-hydrogen) atoms. The molecule has 0 aliphatic heterocycles. The molecule has 0 unspecified atom stereocenters. The van der Waals surface area contributed by atoms with Crippen molar-refractivity contribution in [2.24, 2.45) is 0 Å². The first kappa shape index (κ1) is 22.4. The monoisotopic (exact) mass is 457 g/mol. The van der Waals surface area contributed by atoms with Gasteiger partial charge in [0.1, 0.15) is 5.65 Å².